The molecule has 1 N–H and O–H groups in total. The Balaban J connectivity index is 1.62. The summed E-state index contributed by atoms with van der Waals surface area (Å²) < 4.78 is 5.19. The third kappa shape index (κ3) is 3.53. The van der Waals surface area contributed by atoms with E-state index in [-0.39, 0.29) is 24.2 Å². The number of carbonyl (C=O) groups excluding carboxylic acids is 2. The maximum Gasteiger partial charge on any atom is 0.227 e. The van der Waals surface area contributed by atoms with Gasteiger partial charge in [0.2, 0.25) is 11.8 Å². The minimum atomic E-state index is -0.342. The fourth-order valence-electron chi connectivity index (χ4n) is 2.75. The highest BCUT2D eigenvalue weighted by Crippen LogP contribution is 2.27. The first-order chi connectivity index (χ1) is 11.7. The Bertz CT molecular complexity index is 733. The molecule has 6 heteroatoms. The van der Waals surface area contributed by atoms with Crippen LogP contribution < -0.4 is 15.0 Å². The van der Waals surface area contributed by atoms with Crippen molar-refractivity contribution >= 4 is 17.5 Å². The minimum absolute atomic E-state index is 0.0488. The third-order valence-electron chi connectivity index (χ3n) is 4.08. The highest BCUT2D eigenvalue weighted by molar-refractivity contribution is 6.00. The van der Waals surface area contributed by atoms with Crippen LogP contribution in [0.4, 0.5) is 5.69 Å². The first-order valence-electron chi connectivity index (χ1n) is 7.78. The van der Waals surface area contributed by atoms with Gasteiger partial charge in [0.05, 0.1) is 13.0 Å². The lowest BCUT2D eigenvalue weighted by Gasteiger charge is -2.17. The maximum absolute atomic E-state index is 12.3. The van der Waals surface area contributed by atoms with E-state index >= 15 is 0 Å². The molecule has 0 radical (unpaired) electrons. The lowest BCUT2D eigenvalue weighted by molar-refractivity contribution is -0.126. The number of rotatable bonds is 5. The zero-order chi connectivity index (χ0) is 16.9. The molecule has 2 amide bonds. The van der Waals surface area contributed by atoms with E-state index in [1.54, 1.807) is 30.5 Å². The third-order valence-corrected chi connectivity index (χ3v) is 4.08. The molecule has 0 aliphatic carbocycles. The Morgan fingerprint density at radius 1 is 1.33 bits per heavy atom. The molecule has 0 spiro atoms. The van der Waals surface area contributed by atoms with Crippen LogP contribution in [0, 0.1) is 5.92 Å². The summed E-state index contributed by atoms with van der Waals surface area (Å²) in [5, 5.41) is 2.89. The van der Waals surface area contributed by atoms with E-state index in [9.17, 15) is 9.59 Å². The minimum Gasteiger partial charge on any atom is -0.497 e. The molecule has 24 heavy (non-hydrogen) atoms. The second kappa shape index (κ2) is 7.12. The molecule has 0 bridgehead atoms. The fourth-order valence-corrected chi connectivity index (χ4v) is 2.75. The van der Waals surface area contributed by atoms with Gasteiger partial charge in [0, 0.05) is 43.7 Å². The number of benzene rings is 1. The van der Waals surface area contributed by atoms with Crippen LogP contribution in [0.25, 0.3) is 0 Å². The van der Waals surface area contributed by atoms with Crippen LogP contribution in [0.3, 0.4) is 0 Å². The number of hydrogen-bond donors (Lipinski definition) is 1. The summed E-state index contributed by atoms with van der Waals surface area (Å²) in [6.45, 7) is 0.819. The number of nitrogens with one attached hydrogen (secondary N) is 1. The molecule has 1 saturated heterocycles. The van der Waals surface area contributed by atoms with Crippen molar-refractivity contribution in [2.75, 3.05) is 18.6 Å². The molecule has 2 aromatic rings. The van der Waals surface area contributed by atoms with E-state index < -0.39 is 0 Å². The highest BCUT2D eigenvalue weighted by Gasteiger charge is 2.35. The molecule has 1 aliphatic rings. The van der Waals surface area contributed by atoms with Crippen LogP contribution in [0.15, 0.2) is 48.8 Å². The molecule has 1 aliphatic heterocycles. The number of nitrogens with zero attached hydrogens (tertiary/aromatic N) is 2. The molecule has 2 heterocycles. The zero-order valence-electron chi connectivity index (χ0n) is 13.4. The van der Waals surface area contributed by atoms with Crippen molar-refractivity contribution in [2.24, 2.45) is 5.92 Å². The molecule has 1 fully saturated rings. The van der Waals surface area contributed by atoms with Crippen molar-refractivity contribution in [3.8, 4) is 5.75 Å². The van der Waals surface area contributed by atoms with Crippen molar-refractivity contribution in [3.63, 3.8) is 0 Å². The summed E-state index contributed by atoms with van der Waals surface area (Å²) in [6.07, 6.45) is 3.59. The van der Waals surface area contributed by atoms with Gasteiger partial charge in [-0.05, 0) is 29.8 Å². The molecule has 6 nitrogen and oxygen atoms in total. The van der Waals surface area contributed by atoms with E-state index in [1.807, 2.05) is 30.3 Å². The number of amides is 2. The van der Waals surface area contributed by atoms with Crippen LogP contribution in [0.1, 0.15) is 12.0 Å². The zero-order valence-corrected chi connectivity index (χ0v) is 13.4. The van der Waals surface area contributed by atoms with Crippen LogP contribution in [0.5, 0.6) is 5.75 Å². The van der Waals surface area contributed by atoms with Gasteiger partial charge in [-0.25, -0.2) is 0 Å². The number of pyridine rings is 1. The Kier molecular flexibility index (Phi) is 4.74. The number of methoxy groups -OCH3 is 1. The van der Waals surface area contributed by atoms with Crippen molar-refractivity contribution in [3.05, 3.63) is 54.4 Å². The highest BCUT2D eigenvalue weighted by atomic mass is 16.5. The average Bonchev–Trinajstić information content (AvgIpc) is 3.02. The van der Waals surface area contributed by atoms with Crippen molar-refractivity contribution in [1.82, 2.24) is 10.3 Å². The quantitative estimate of drug-likeness (QED) is 0.909. The summed E-state index contributed by atoms with van der Waals surface area (Å²) >= 11 is 0. The first kappa shape index (κ1) is 16.0. The molecule has 124 valence electrons. The van der Waals surface area contributed by atoms with Crippen molar-refractivity contribution in [1.29, 1.82) is 0 Å². The second-order valence-electron chi connectivity index (χ2n) is 5.68. The van der Waals surface area contributed by atoms with Crippen LogP contribution in [-0.4, -0.2) is 30.5 Å². The van der Waals surface area contributed by atoms with Gasteiger partial charge >= 0.3 is 0 Å². The van der Waals surface area contributed by atoms with Gasteiger partial charge in [0.15, 0.2) is 0 Å². The predicted molar refractivity (Wildman–Crippen MR) is 89.5 cm³/mol. The lowest BCUT2D eigenvalue weighted by atomic mass is 10.1. The number of ether oxygens (including phenoxy) is 1. The van der Waals surface area contributed by atoms with Crippen LogP contribution in [-0.2, 0) is 16.1 Å². The molecular weight excluding hydrogens is 306 g/mol. The number of carbonyl (C=O) groups is 2. The monoisotopic (exact) mass is 325 g/mol. The summed E-state index contributed by atoms with van der Waals surface area (Å²) in [4.78, 5) is 30.2. The van der Waals surface area contributed by atoms with Gasteiger partial charge in [-0.3, -0.25) is 14.6 Å². The van der Waals surface area contributed by atoms with Crippen LogP contribution in [0.2, 0.25) is 0 Å². The van der Waals surface area contributed by atoms with E-state index in [0.717, 1.165) is 11.3 Å². The van der Waals surface area contributed by atoms with E-state index in [1.165, 1.54) is 0 Å². The average molecular weight is 325 g/mol. The van der Waals surface area contributed by atoms with Crippen molar-refractivity contribution in [2.45, 2.75) is 13.0 Å². The Morgan fingerprint density at radius 3 is 2.88 bits per heavy atom. The molecule has 1 aromatic carbocycles. The SMILES string of the molecule is COc1cccc(N2CC(C(=O)NCc3ccncc3)CC2=O)c1. The summed E-state index contributed by atoms with van der Waals surface area (Å²) in [7, 11) is 1.58. The van der Waals surface area contributed by atoms with Gasteiger partial charge in [-0.1, -0.05) is 6.07 Å². The van der Waals surface area contributed by atoms with E-state index in [2.05, 4.69) is 10.3 Å². The number of aromatic nitrogens is 1. The molecular formula is C18H19N3O3. The molecule has 0 saturated carbocycles. The number of anilines is 1. The molecule has 3 rings (SSSR count). The van der Waals surface area contributed by atoms with Crippen molar-refractivity contribution < 1.29 is 14.3 Å². The summed E-state index contributed by atoms with van der Waals surface area (Å²) in [6, 6.07) is 11.0. The molecule has 1 atom stereocenters. The fraction of sp³-hybridized carbons (Fsp3) is 0.278. The lowest BCUT2D eigenvalue weighted by Crippen LogP contribution is -2.32. The van der Waals surface area contributed by atoms with Gasteiger partial charge in [0.25, 0.3) is 0 Å². The largest absolute Gasteiger partial charge is 0.497 e. The van der Waals surface area contributed by atoms with Crippen LogP contribution >= 0.6 is 0 Å². The second-order valence-corrected chi connectivity index (χ2v) is 5.68. The Hall–Kier alpha value is -2.89. The van der Waals surface area contributed by atoms with Gasteiger partial charge in [-0.2, -0.15) is 0 Å². The van der Waals surface area contributed by atoms with E-state index in [4.69, 9.17) is 4.74 Å². The summed E-state index contributed by atoms with van der Waals surface area (Å²) in [5.41, 5.74) is 1.73. The normalized spacial score (nSPS) is 17.0. The first-order valence-corrected chi connectivity index (χ1v) is 7.78. The van der Waals surface area contributed by atoms with Gasteiger partial charge in [-0.15, -0.1) is 0 Å². The van der Waals surface area contributed by atoms with Gasteiger partial charge in [0.1, 0.15) is 5.75 Å². The maximum atomic E-state index is 12.3. The number of hydrogen-bond acceptors (Lipinski definition) is 4. The molecule has 1 unspecified atom stereocenters. The van der Waals surface area contributed by atoms with Gasteiger partial charge < -0.3 is 15.0 Å². The summed E-state index contributed by atoms with van der Waals surface area (Å²) in [5.74, 6) is 0.189. The Labute approximate surface area is 140 Å². The predicted octanol–water partition coefficient (Wildman–Crippen LogP) is 1.76. The standard InChI is InChI=1S/C18H19N3O3/c1-24-16-4-2-3-15(10-16)21-12-14(9-17(21)22)18(23)20-11-13-5-7-19-8-6-13/h2-8,10,14H,9,11-12H2,1H3,(H,20,23). The Morgan fingerprint density at radius 2 is 2.12 bits per heavy atom. The topological polar surface area (TPSA) is 71.5 Å². The van der Waals surface area contributed by atoms with E-state index in [0.29, 0.717) is 18.8 Å². The smallest absolute Gasteiger partial charge is 0.227 e. The molecule has 1 aromatic heterocycles.